The zero-order chi connectivity index (χ0) is 20.5. The Hall–Kier alpha value is -3.07. The zero-order valence-corrected chi connectivity index (χ0v) is 17.4. The Morgan fingerprint density at radius 2 is 1.77 bits per heavy atom. The van der Waals surface area contributed by atoms with Gasteiger partial charge in [0.1, 0.15) is 43.2 Å². The number of nitrogens with zero attached hydrogens (tertiary/aromatic N) is 2. The number of morpholine rings is 1. The van der Waals surface area contributed by atoms with Crippen molar-refractivity contribution in [2.75, 3.05) is 39.5 Å². The van der Waals surface area contributed by atoms with E-state index in [9.17, 15) is 9.59 Å². The molecule has 2 aliphatic rings. The largest absolute Gasteiger partial charge is 1.00 e. The Kier molecular flexibility index (Phi) is 6.13. The molecule has 160 valence electrons. The van der Waals surface area contributed by atoms with Gasteiger partial charge in [-0.2, -0.15) is 0 Å². The highest BCUT2D eigenvalue weighted by atomic mass is 35.5. The van der Waals surface area contributed by atoms with E-state index in [-0.39, 0.29) is 46.4 Å². The van der Waals surface area contributed by atoms with E-state index in [4.69, 9.17) is 14.0 Å². The van der Waals surface area contributed by atoms with E-state index in [1.807, 2.05) is 24.3 Å². The molecule has 0 unspecified atom stereocenters. The highest BCUT2D eigenvalue weighted by Crippen LogP contribution is 2.34. The monoisotopic (exact) mass is 441 g/mol. The van der Waals surface area contributed by atoms with Gasteiger partial charge in [-0.15, -0.1) is 0 Å². The maximum absolute atomic E-state index is 12.9. The molecule has 5 rings (SSSR count). The minimum Gasteiger partial charge on any atom is -1.00 e. The fourth-order valence-corrected chi connectivity index (χ4v) is 3.82. The summed E-state index contributed by atoms with van der Waals surface area (Å²) < 4.78 is 16.5. The van der Waals surface area contributed by atoms with Crippen LogP contribution in [0.5, 0.6) is 5.75 Å². The smallest absolute Gasteiger partial charge is 0.232 e. The lowest BCUT2D eigenvalue weighted by Gasteiger charge is -2.23. The normalized spacial score (nSPS) is 15.7. The highest BCUT2D eigenvalue weighted by Gasteiger charge is 2.37. The molecule has 0 amide bonds. The van der Waals surface area contributed by atoms with Crippen LogP contribution in [0.15, 0.2) is 47.2 Å². The van der Waals surface area contributed by atoms with Crippen molar-refractivity contribution in [1.82, 2.24) is 10.1 Å². The number of hydrogen-bond acceptors (Lipinski definition) is 7. The summed E-state index contributed by atoms with van der Waals surface area (Å²) in [5, 5.41) is 4.01. The first-order valence-electron chi connectivity index (χ1n) is 9.90. The molecule has 0 radical (unpaired) electrons. The molecule has 1 aromatic carbocycles. The lowest BCUT2D eigenvalue weighted by molar-refractivity contribution is -0.908. The molecule has 0 spiro atoms. The van der Waals surface area contributed by atoms with Crippen LogP contribution >= 0.6 is 0 Å². The van der Waals surface area contributed by atoms with Gasteiger partial charge >= 0.3 is 0 Å². The number of nitrogens with one attached hydrogen (secondary N) is 1. The van der Waals surface area contributed by atoms with E-state index in [1.165, 1.54) is 23.4 Å². The van der Waals surface area contributed by atoms with Crippen molar-refractivity contribution in [1.29, 1.82) is 0 Å². The number of quaternary nitrogens is 1. The van der Waals surface area contributed by atoms with Gasteiger partial charge in [0, 0.05) is 23.5 Å². The van der Waals surface area contributed by atoms with E-state index in [1.54, 1.807) is 0 Å². The first kappa shape index (κ1) is 21.2. The molecule has 0 bridgehead atoms. The second-order valence-corrected chi connectivity index (χ2v) is 7.30. The van der Waals surface area contributed by atoms with Crippen LogP contribution < -0.4 is 22.0 Å². The van der Waals surface area contributed by atoms with Gasteiger partial charge < -0.3 is 31.3 Å². The number of hydrogen-bond donors (Lipinski definition) is 1. The van der Waals surface area contributed by atoms with Crippen LogP contribution in [-0.4, -0.2) is 61.2 Å². The third kappa shape index (κ3) is 3.97. The molecule has 0 atom stereocenters. The first-order valence-corrected chi connectivity index (χ1v) is 9.90. The molecule has 3 aromatic rings. The fourth-order valence-electron chi connectivity index (χ4n) is 3.82. The van der Waals surface area contributed by atoms with Crippen LogP contribution in [0, 0.1) is 0 Å². The summed E-state index contributed by atoms with van der Waals surface area (Å²) in [5.41, 5.74) is 1.77. The number of carbonyl (C=O) groups is 2. The summed E-state index contributed by atoms with van der Waals surface area (Å²) in [6.45, 7) is 5.15. The summed E-state index contributed by atoms with van der Waals surface area (Å²) in [7, 11) is 0. The van der Waals surface area contributed by atoms with Crippen LogP contribution in [0.25, 0.3) is 11.3 Å². The molecule has 1 fully saturated rings. The number of pyridine rings is 1. The predicted molar refractivity (Wildman–Crippen MR) is 105 cm³/mol. The number of carbonyl (C=O) groups excluding carboxylic acids is 2. The Labute approximate surface area is 184 Å². The number of halogens is 1. The molecule has 1 aliphatic heterocycles. The van der Waals surface area contributed by atoms with Crippen LogP contribution in [0.3, 0.4) is 0 Å². The number of ketones is 2. The Morgan fingerprint density at radius 3 is 2.55 bits per heavy atom. The van der Waals surface area contributed by atoms with Crippen molar-refractivity contribution in [3.05, 3.63) is 65.2 Å². The van der Waals surface area contributed by atoms with E-state index >= 15 is 0 Å². The zero-order valence-electron chi connectivity index (χ0n) is 16.6. The SMILES string of the molecule is O=C1c2ccncc2C(=O)c2c(-c3ccc(OCC[NH+]4CCOCC4)cc3)noc21.[Cl-]. The van der Waals surface area contributed by atoms with Gasteiger partial charge in [-0.1, -0.05) is 5.16 Å². The standard InChI is InChI=1S/C22H19N3O5.ClH/c26-20-17-13-23-6-5-16(17)21(27)22-18(20)19(24-30-22)14-1-3-15(4-2-14)29-12-9-25-7-10-28-11-8-25;/h1-6,13H,7-12H2;1H. The van der Waals surface area contributed by atoms with Gasteiger partial charge in [-0.25, -0.2) is 0 Å². The van der Waals surface area contributed by atoms with Gasteiger partial charge in [0.15, 0.2) is 0 Å². The molecule has 2 aromatic heterocycles. The van der Waals surface area contributed by atoms with Gasteiger partial charge in [-0.05, 0) is 30.3 Å². The number of aromatic nitrogens is 2. The quantitative estimate of drug-likeness (QED) is 0.376. The fraction of sp³-hybridized carbons (Fsp3) is 0.273. The number of benzene rings is 1. The van der Waals surface area contributed by atoms with E-state index < -0.39 is 0 Å². The van der Waals surface area contributed by atoms with Crippen molar-refractivity contribution in [3.8, 4) is 17.0 Å². The molecule has 0 saturated carbocycles. The molecular weight excluding hydrogens is 422 g/mol. The van der Waals surface area contributed by atoms with Crippen LogP contribution in [0.1, 0.15) is 32.0 Å². The Balaban J connectivity index is 0.00000231. The van der Waals surface area contributed by atoms with Gasteiger partial charge in [0.2, 0.25) is 17.3 Å². The third-order valence-electron chi connectivity index (χ3n) is 5.49. The summed E-state index contributed by atoms with van der Waals surface area (Å²) in [5.74, 6) is 0.0484. The van der Waals surface area contributed by atoms with Crippen LogP contribution in [0.4, 0.5) is 0 Å². The maximum atomic E-state index is 12.9. The van der Waals surface area contributed by atoms with Crippen molar-refractivity contribution >= 4 is 11.6 Å². The minimum absolute atomic E-state index is 0. The van der Waals surface area contributed by atoms with Gasteiger partial charge in [-0.3, -0.25) is 14.6 Å². The van der Waals surface area contributed by atoms with E-state index in [2.05, 4.69) is 10.1 Å². The highest BCUT2D eigenvalue weighted by molar-refractivity contribution is 6.28. The lowest BCUT2D eigenvalue weighted by Crippen LogP contribution is -3.14. The number of fused-ring (bicyclic) bond motifs is 2. The first-order chi connectivity index (χ1) is 14.7. The van der Waals surface area contributed by atoms with Gasteiger partial charge in [0.05, 0.1) is 18.8 Å². The molecule has 1 N–H and O–H groups in total. The number of ether oxygens (including phenoxy) is 2. The molecule has 3 heterocycles. The minimum atomic E-state index is -0.355. The lowest BCUT2D eigenvalue weighted by atomic mass is 9.87. The predicted octanol–water partition coefficient (Wildman–Crippen LogP) is -2.19. The molecule has 31 heavy (non-hydrogen) atoms. The van der Waals surface area contributed by atoms with Crippen molar-refractivity contribution in [3.63, 3.8) is 0 Å². The van der Waals surface area contributed by atoms with Gasteiger partial charge in [0.25, 0.3) is 0 Å². The molecule has 1 saturated heterocycles. The maximum Gasteiger partial charge on any atom is 0.232 e. The average Bonchev–Trinajstić information content (AvgIpc) is 3.24. The second-order valence-electron chi connectivity index (χ2n) is 7.30. The van der Waals surface area contributed by atoms with Crippen molar-refractivity contribution < 1.29 is 40.9 Å². The summed E-state index contributed by atoms with van der Waals surface area (Å²) >= 11 is 0. The van der Waals surface area contributed by atoms with Crippen molar-refractivity contribution in [2.24, 2.45) is 0 Å². The molecule has 9 heteroatoms. The summed E-state index contributed by atoms with van der Waals surface area (Å²) in [6, 6.07) is 8.80. The average molecular weight is 442 g/mol. The Bertz CT molecular complexity index is 1110. The Morgan fingerprint density at radius 1 is 1.00 bits per heavy atom. The van der Waals surface area contributed by atoms with E-state index in [0.29, 0.717) is 17.9 Å². The number of rotatable bonds is 5. The van der Waals surface area contributed by atoms with Crippen LogP contribution in [-0.2, 0) is 4.74 Å². The second kappa shape index (κ2) is 8.97. The van der Waals surface area contributed by atoms with E-state index in [0.717, 1.165) is 38.6 Å². The topological polar surface area (TPSA) is 96.0 Å². The molecular formula is C22H20ClN3O5. The third-order valence-corrected chi connectivity index (χ3v) is 5.49. The molecule has 1 aliphatic carbocycles. The van der Waals surface area contributed by atoms with Crippen molar-refractivity contribution in [2.45, 2.75) is 0 Å². The van der Waals surface area contributed by atoms with Crippen LogP contribution in [0.2, 0.25) is 0 Å². The summed E-state index contributed by atoms with van der Waals surface area (Å²) in [4.78, 5) is 31.0. The summed E-state index contributed by atoms with van der Waals surface area (Å²) in [6.07, 6.45) is 2.88. The molecule has 8 nitrogen and oxygen atoms in total.